The maximum absolute atomic E-state index is 12.1. The molecule has 0 saturated heterocycles. The number of aryl methyl sites for hydroxylation is 1. The van der Waals surface area contributed by atoms with Gasteiger partial charge in [-0.25, -0.2) is 0 Å². The van der Waals surface area contributed by atoms with Crippen molar-refractivity contribution in [2.24, 2.45) is 5.73 Å². The Labute approximate surface area is 144 Å². The van der Waals surface area contributed by atoms with Crippen LogP contribution in [0.15, 0.2) is 65.1 Å². The number of anilines is 1. The molecule has 3 aromatic rings. The van der Waals surface area contributed by atoms with Crippen molar-refractivity contribution in [2.75, 3.05) is 5.32 Å². The second-order valence-electron chi connectivity index (χ2n) is 5.43. The van der Waals surface area contributed by atoms with E-state index in [1.807, 2.05) is 31.2 Å². The molecule has 126 valence electrons. The monoisotopic (exact) mass is 336 g/mol. The van der Waals surface area contributed by atoms with Gasteiger partial charge in [-0.3, -0.25) is 9.59 Å². The number of carbonyl (C=O) groups is 2. The lowest BCUT2D eigenvalue weighted by Gasteiger charge is -2.08. The van der Waals surface area contributed by atoms with Crippen molar-refractivity contribution >= 4 is 17.5 Å². The van der Waals surface area contributed by atoms with Gasteiger partial charge in [0.05, 0.1) is 0 Å². The summed E-state index contributed by atoms with van der Waals surface area (Å²) in [5.41, 5.74) is 6.77. The highest BCUT2D eigenvalue weighted by Crippen LogP contribution is 2.24. The van der Waals surface area contributed by atoms with E-state index in [9.17, 15) is 9.59 Å². The van der Waals surface area contributed by atoms with Gasteiger partial charge >= 0.3 is 0 Å². The Hall–Kier alpha value is -3.54. The predicted molar refractivity (Wildman–Crippen MR) is 92.9 cm³/mol. The first-order valence-corrected chi connectivity index (χ1v) is 7.57. The van der Waals surface area contributed by atoms with E-state index in [2.05, 4.69) is 5.32 Å². The van der Waals surface area contributed by atoms with Gasteiger partial charge in [0, 0.05) is 5.69 Å². The second kappa shape index (κ2) is 6.92. The normalized spacial score (nSPS) is 10.3. The van der Waals surface area contributed by atoms with E-state index in [0.717, 1.165) is 11.3 Å². The Bertz CT molecular complexity index is 913. The van der Waals surface area contributed by atoms with Crippen LogP contribution in [-0.4, -0.2) is 11.8 Å². The molecule has 6 nitrogen and oxygen atoms in total. The number of hydrogen-bond donors (Lipinski definition) is 2. The third-order valence-corrected chi connectivity index (χ3v) is 3.41. The van der Waals surface area contributed by atoms with E-state index in [-0.39, 0.29) is 11.5 Å². The Balaban J connectivity index is 1.65. The number of hydrogen-bond acceptors (Lipinski definition) is 4. The van der Waals surface area contributed by atoms with E-state index in [0.29, 0.717) is 11.4 Å². The van der Waals surface area contributed by atoms with Crippen molar-refractivity contribution < 1.29 is 18.7 Å². The summed E-state index contributed by atoms with van der Waals surface area (Å²) in [5.74, 6) is 0.140. The third kappa shape index (κ3) is 4.06. The third-order valence-electron chi connectivity index (χ3n) is 3.41. The first-order valence-electron chi connectivity index (χ1n) is 7.57. The number of rotatable bonds is 5. The molecule has 0 aliphatic rings. The van der Waals surface area contributed by atoms with Crippen LogP contribution >= 0.6 is 0 Å². The average molecular weight is 336 g/mol. The summed E-state index contributed by atoms with van der Waals surface area (Å²) in [4.78, 5) is 23.1. The van der Waals surface area contributed by atoms with E-state index >= 15 is 0 Å². The number of ether oxygens (including phenoxy) is 1. The first kappa shape index (κ1) is 16.3. The molecule has 25 heavy (non-hydrogen) atoms. The number of benzene rings is 2. The Morgan fingerprint density at radius 3 is 2.32 bits per heavy atom. The zero-order chi connectivity index (χ0) is 17.8. The molecule has 1 aromatic heterocycles. The molecule has 0 radical (unpaired) electrons. The molecule has 0 atom stereocenters. The molecular formula is C19H16N2O4. The fourth-order valence-electron chi connectivity index (χ4n) is 2.21. The van der Waals surface area contributed by atoms with Gasteiger partial charge < -0.3 is 20.2 Å². The average Bonchev–Trinajstić information content (AvgIpc) is 3.07. The molecular weight excluding hydrogens is 320 g/mol. The fourth-order valence-corrected chi connectivity index (χ4v) is 2.21. The molecule has 2 amide bonds. The van der Waals surface area contributed by atoms with E-state index in [1.165, 1.54) is 12.1 Å². The highest BCUT2D eigenvalue weighted by Gasteiger charge is 2.14. The molecule has 0 unspecified atom stereocenters. The fraction of sp³-hybridized carbons (Fsp3) is 0.0526. The zero-order valence-electron chi connectivity index (χ0n) is 13.5. The zero-order valence-corrected chi connectivity index (χ0v) is 13.5. The Morgan fingerprint density at radius 2 is 1.68 bits per heavy atom. The topological polar surface area (TPSA) is 94.6 Å². The molecule has 6 heteroatoms. The summed E-state index contributed by atoms with van der Waals surface area (Å²) >= 11 is 0. The molecule has 0 aliphatic carbocycles. The number of furan rings is 1. The summed E-state index contributed by atoms with van der Waals surface area (Å²) in [6.07, 6.45) is 0. The maximum atomic E-state index is 12.1. The van der Waals surface area contributed by atoms with Crippen LogP contribution in [-0.2, 0) is 0 Å². The van der Waals surface area contributed by atoms with Gasteiger partial charge in [-0.05, 0) is 61.0 Å². The summed E-state index contributed by atoms with van der Waals surface area (Å²) < 4.78 is 10.8. The van der Waals surface area contributed by atoms with Crippen LogP contribution in [0, 0.1) is 6.92 Å². The number of amides is 2. The van der Waals surface area contributed by atoms with Gasteiger partial charge in [0.15, 0.2) is 11.5 Å². The van der Waals surface area contributed by atoms with Gasteiger partial charge in [0.1, 0.15) is 11.5 Å². The van der Waals surface area contributed by atoms with Crippen molar-refractivity contribution in [3.63, 3.8) is 0 Å². The Kier molecular flexibility index (Phi) is 4.52. The van der Waals surface area contributed by atoms with Crippen LogP contribution in [0.4, 0.5) is 5.69 Å². The quantitative estimate of drug-likeness (QED) is 0.742. The highest BCUT2D eigenvalue weighted by molar-refractivity contribution is 6.03. The number of nitrogens with two attached hydrogens (primary N) is 1. The van der Waals surface area contributed by atoms with Crippen LogP contribution in [0.5, 0.6) is 11.5 Å². The van der Waals surface area contributed by atoms with Gasteiger partial charge in [-0.15, -0.1) is 0 Å². The maximum Gasteiger partial charge on any atom is 0.291 e. The lowest BCUT2D eigenvalue weighted by molar-refractivity contribution is 0.0960. The summed E-state index contributed by atoms with van der Waals surface area (Å²) in [6, 6.07) is 17.4. The summed E-state index contributed by atoms with van der Waals surface area (Å²) in [6.45, 7) is 1.99. The van der Waals surface area contributed by atoms with E-state index < -0.39 is 11.8 Å². The molecule has 0 aliphatic heterocycles. The minimum Gasteiger partial charge on any atom is -0.457 e. The van der Waals surface area contributed by atoms with Crippen LogP contribution in [0.25, 0.3) is 0 Å². The van der Waals surface area contributed by atoms with Crippen LogP contribution in [0.1, 0.15) is 26.7 Å². The lowest BCUT2D eigenvalue weighted by Crippen LogP contribution is -2.12. The summed E-state index contributed by atoms with van der Waals surface area (Å²) in [7, 11) is 0. The van der Waals surface area contributed by atoms with Crippen molar-refractivity contribution in [1.82, 2.24) is 0 Å². The number of carbonyl (C=O) groups excluding carboxylic acids is 2. The van der Waals surface area contributed by atoms with Crippen molar-refractivity contribution in [1.29, 1.82) is 0 Å². The molecule has 3 rings (SSSR count). The SMILES string of the molecule is Cc1cccc(Oc2ccc(NC(=O)c3ccc(C(N)=O)o3)cc2)c1. The number of primary amides is 1. The van der Waals surface area contributed by atoms with E-state index in [4.69, 9.17) is 14.9 Å². The van der Waals surface area contributed by atoms with Crippen LogP contribution in [0.2, 0.25) is 0 Å². The van der Waals surface area contributed by atoms with Crippen molar-refractivity contribution in [3.05, 3.63) is 77.7 Å². The minimum atomic E-state index is -0.725. The summed E-state index contributed by atoms with van der Waals surface area (Å²) in [5, 5.41) is 2.67. The Morgan fingerprint density at radius 1 is 0.960 bits per heavy atom. The van der Waals surface area contributed by atoms with Crippen molar-refractivity contribution in [3.8, 4) is 11.5 Å². The predicted octanol–water partition coefficient (Wildman–Crippen LogP) is 3.73. The first-order chi connectivity index (χ1) is 12.0. The van der Waals surface area contributed by atoms with E-state index in [1.54, 1.807) is 24.3 Å². The largest absolute Gasteiger partial charge is 0.457 e. The molecule has 3 N–H and O–H groups in total. The highest BCUT2D eigenvalue weighted by atomic mass is 16.5. The van der Waals surface area contributed by atoms with Gasteiger partial charge in [-0.1, -0.05) is 12.1 Å². The minimum absolute atomic E-state index is 0.00823. The van der Waals surface area contributed by atoms with Gasteiger partial charge in [0.2, 0.25) is 0 Å². The molecule has 0 fully saturated rings. The van der Waals surface area contributed by atoms with Crippen LogP contribution in [0.3, 0.4) is 0 Å². The van der Waals surface area contributed by atoms with Gasteiger partial charge in [0.25, 0.3) is 11.8 Å². The smallest absolute Gasteiger partial charge is 0.291 e. The molecule has 1 heterocycles. The number of nitrogens with one attached hydrogen (secondary N) is 1. The molecule has 0 bridgehead atoms. The standard InChI is InChI=1S/C19H16N2O4/c1-12-3-2-4-15(11-12)24-14-7-5-13(6-8-14)21-19(23)17-10-9-16(25-17)18(20)22/h2-11H,1H3,(H2,20,22)(H,21,23). The molecule has 0 saturated carbocycles. The van der Waals surface area contributed by atoms with Gasteiger partial charge in [-0.2, -0.15) is 0 Å². The molecule has 2 aromatic carbocycles. The van der Waals surface area contributed by atoms with Crippen molar-refractivity contribution in [2.45, 2.75) is 6.92 Å². The second-order valence-corrected chi connectivity index (χ2v) is 5.43. The molecule has 0 spiro atoms. The van der Waals surface area contributed by atoms with Crippen LogP contribution < -0.4 is 15.8 Å². The lowest BCUT2D eigenvalue weighted by atomic mass is 10.2.